The summed E-state index contributed by atoms with van der Waals surface area (Å²) in [6, 6.07) is 9.79. The van der Waals surface area contributed by atoms with Crippen LogP contribution in [-0.4, -0.2) is 66.8 Å². The molecule has 1 aromatic rings. The van der Waals surface area contributed by atoms with Crippen LogP contribution in [-0.2, 0) is 9.59 Å². The average Bonchev–Trinajstić information content (AvgIpc) is 2.58. The van der Waals surface area contributed by atoms with Crippen LogP contribution >= 0.6 is 0 Å². The second-order valence-electron chi connectivity index (χ2n) is 6.63. The molecule has 0 aliphatic carbocycles. The zero-order chi connectivity index (χ0) is 16.4. The van der Waals surface area contributed by atoms with Gasteiger partial charge in [0, 0.05) is 39.6 Å². The highest BCUT2D eigenvalue weighted by molar-refractivity contribution is 5.85. The third-order valence-corrected chi connectivity index (χ3v) is 5.13. The maximum atomic E-state index is 13.1. The number of piperazine rings is 1. The number of nitrogens with zero attached hydrogens (tertiary/aromatic N) is 3. The van der Waals surface area contributed by atoms with Crippen molar-refractivity contribution in [3.8, 4) is 0 Å². The number of amides is 2. The molecule has 2 aliphatic heterocycles. The van der Waals surface area contributed by atoms with Gasteiger partial charge in [-0.15, -0.1) is 0 Å². The summed E-state index contributed by atoms with van der Waals surface area (Å²) in [5.41, 5.74) is 1.05. The lowest BCUT2D eigenvalue weighted by molar-refractivity contribution is -0.147. The lowest BCUT2D eigenvalue weighted by Crippen LogP contribution is -2.52. The third kappa shape index (κ3) is 3.24. The van der Waals surface area contributed by atoms with Gasteiger partial charge < -0.3 is 14.7 Å². The van der Waals surface area contributed by atoms with E-state index in [-0.39, 0.29) is 23.8 Å². The lowest BCUT2D eigenvalue weighted by atomic mass is 9.83. The Kier molecular flexibility index (Phi) is 4.66. The molecule has 2 amide bonds. The van der Waals surface area contributed by atoms with Gasteiger partial charge in [0.1, 0.15) is 0 Å². The molecule has 2 atom stereocenters. The number of carbonyl (C=O) groups excluding carboxylic acids is 2. The highest BCUT2D eigenvalue weighted by atomic mass is 16.2. The summed E-state index contributed by atoms with van der Waals surface area (Å²) >= 11 is 0. The van der Waals surface area contributed by atoms with Gasteiger partial charge in [-0.2, -0.15) is 0 Å². The Bertz CT molecular complexity index is 567. The van der Waals surface area contributed by atoms with Crippen molar-refractivity contribution in [2.45, 2.75) is 18.9 Å². The fourth-order valence-corrected chi connectivity index (χ4v) is 3.66. The molecule has 0 N–H and O–H groups in total. The molecule has 2 fully saturated rings. The van der Waals surface area contributed by atoms with Gasteiger partial charge in [-0.25, -0.2) is 0 Å². The van der Waals surface area contributed by atoms with Crippen molar-refractivity contribution in [1.82, 2.24) is 14.7 Å². The molecular weight excluding hydrogens is 290 g/mol. The van der Waals surface area contributed by atoms with E-state index in [0.29, 0.717) is 12.8 Å². The zero-order valence-corrected chi connectivity index (χ0v) is 13.9. The van der Waals surface area contributed by atoms with E-state index in [1.165, 1.54) is 0 Å². The van der Waals surface area contributed by atoms with Crippen molar-refractivity contribution >= 4 is 11.8 Å². The first-order valence-electron chi connectivity index (χ1n) is 8.36. The monoisotopic (exact) mass is 315 g/mol. The molecule has 0 radical (unpaired) electrons. The first-order chi connectivity index (χ1) is 11.1. The summed E-state index contributed by atoms with van der Waals surface area (Å²) in [4.78, 5) is 31.2. The van der Waals surface area contributed by atoms with E-state index in [1.54, 1.807) is 4.90 Å². The maximum absolute atomic E-state index is 13.1. The summed E-state index contributed by atoms with van der Waals surface area (Å²) in [5.74, 6) is 0.191. The van der Waals surface area contributed by atoms with Crippen LogP contribution in [0.4, 0.5) is 0 Å². The van der Waals surface area contributed by atoms with E-state index < -0.39 is 0 Å². The molecule has 0 bridgehead atoms. The number of rotatable bonds is 2. The van der Waals surface area contributed by atoms with Crippen LogP contribution in [0.25, 0.3) is 0 Å². The van der Waals surface area contributed by atoms with Crippen LogP contribution < -0.4 is 0 Å². The molecule has 0 spiro atoms. The smallest absolute Gasteiger partial charge is 0.228 e. The summed E-state index contributed by atoms with van der Waals surface area (Å²) in [6.07, 6.45) is 1.11. The molecule has 1 aromatic carbocycles. The minimum Gasteiger partial charge on any atom is -0.340 e. The Labute approximate surface area is 137 Å². The Morgan fingerprint density at radius 3 is 2.35 bits per heavy atom. The second kappa shape index (κ2) is 6.71. The fraction of sp³-hybridized carbons (Fsp3) is 0.556. The molecule has 124 valence electrons. The number of likely N-dealkylation sites (tertiary alicyclic amines) is 1. The van der Waals surface area contributed by atoms with Gasteiger partial charge >= 0.3 is 0 Å². The molecule has 2 aliphatic rings. The molecule has 5 heteroatoms. The van der Waals surface area contributed by atoms with Gasteiger partial charge in [0.15, 0.2) is 0 Å². The Hall–Kier alpha value is -1.88. The largest absolute Gasteiger partial charge is 0.340 e. The number of hydrogen-bond acceptors (Lipinski definition) is 3. The molecule has 23 heavy (non-hydrogen) atoms. The predicted molar refractivity (Wildman–Crippen MR) is 88.8 cm³/mol. The number of piperidine rings is 1. The van der Waals surface area contributed by atoms with Crippen LogP contribution in [0.15, 0.2) is 30.3 Å². The normalized spacial score (nSPS) is 26.4. The summed E-state index contributed by atoms with van der Waals surface area (Å²) in [7, 11) is 3.91. The van der Waals surface area contributed by atoms with Crippen LogP contribution in [0.5, 0.6) is 0 Å². The molecule has 2 saturated heterocycles. The van der Waals surface area contributed by atoms with Gasteiger partial charge in [0.05, 0.1) is 12.0 Å². The SMILES string of the molecule is CN1CCN(C(=O)[C@@H]2CCC(=O)N(C)[C@@H]2c2ccccc2)CC1. The molecule has 5 nitrogen and oxygen atoms in total. The first-order valence-corrected chi connectivity index (χ1v) is 8.36. The summed E-state index contributed by atoms with van der Waals surface area (Å²) in [6.45, 7) is 3.41. The lowest BCUT2D eigenvalue weighted by Gasteiger charge is -2.42. The second-order valence-corrected chi connectivity index (χ2v) is 6.63. The van der Waals surface area contributed by atoms with E-state index in [1.807, 2.05) is 42.3 Å². The standard InChI is InChI=1S/C18H25N3O2/c1-19-10-12-21(13-11-19)18(23)15-8-9-16(22)20(2)17(15)14-6-4-3-5-7-14/h3-7,15,17H,8-13H2,1-2H3/t15-,17-/m1/s1. The van der Waals surface area contributed by atoms with Crippen molar-refractivity contribution < 1.29 is 9.59 Å². The van der Waals surface area contributed by atoms with E-state index in [9.17, 15) is 9.59 Å². The Morgan fingerprint density at radius 1 is 1.04 bits per heavy atom. The fourth-order valence-electron chi connectivity index (χ4n) is 3.66. The zero-order valence-electron chi connectivity index (χ0n) is 13.9. The Balaban J connectivity index is 1.83. The van der Waals surface area contributed by atoms with E-state index in [0.717, 1.165) is 31.7 Å². The van der Waals surface area contributed by atoms with Crippen LogP contribution in [0.3, 0.4) is 0 Å². The van der Waals surface area contributed by atoms with Crippen molar-refractivity contribution in [2.75, 3.05) is 40.3 Å². The molecule has 0 unspecified atom stereocenters. The molecule has 0 saturated carbocycles. The van der Waals surface area contributed by atoms with Crippen LogP contribution in [0.2, 0.25) is 0 Å². The minimum atomic E-state index is -0.149. The highest BCUT2D eigenvalue weighted by Gasteiger charge is 2.40. The van der Waals surface area contributed by atoms with E-state index >= 15 is 0 Å². The average molecular weight is 315 g/mol. The van der Waals surface area contributed by atoms with Gasteiger partial charge in [-0.05, 0) is 19.0 Å². The number of benzene rings is 1. The van der Waals surface area contributed by atoms with Gasteiger partial charge in [0.25, 0.3) is 0 Å². The van der Waals surface area contributed by atoms with Gasteiger partial charge in [0.2, 0.25) is 11.8 Å². The number of hydrogen-bond donors (Lipinski definition) is 0. The summed E-state index contributed by atoms with van der Waals surface area (Å²) in [5, 5.41) is 0. The molecule has 2 heterocycles. The van der Waals surface area contributed by atoms with Crippen molar-refractivity contribution in [3.63, 3.8) is 0 Å². The van der Waals surface area contributed by atoms with Crippen LogP contribution in [0, 0.1) is 5.92 Å². The van der Waals surface area contributed by atoms with Crippen molar-refractivity contribution in [2.24, 2.45) is 5.92 Å². The minimum absolute atomic E-state index is 0.126. The Morgan fingerprint density at radius 2 is 1.70 bits per heavy atom. The predicted octanol–water partition coefficient (Wildman–Crippen LogP) is 1.37. The number of carbonyl (C=O) groups is 2. The number of likely N-dealkylation sites (N-methyl/N-ethyl adjacent to an activating group) is 1. The van der Waals surface area contributed by atoms with Crippen molar-refractivity contribution in [3.05, 3.63) is 35.9 Å². The van der Waals surface area contributed by atoms with Gasteiger partial charge in [-0.3, -0.25) is 9.59 Å². The molecule has 3 rings (SSSR count). The first kappa shape index (κ1) is 16.0. The molecule has 0 aromatic heterocycles. The van der Waals surface area contributed by atoms with E-state index in [2.05, 4.69) is 11.9 Å². The topological polar surface area (TPSA) is 43.9 Å². The van der Waals surface area contributed by atoms with E-state index in [4.69, 9.17) is 0 Å². The highest BCUT2D eigenvalue weighted by Crippen LogP contribution is 2.36. The molecular formula is C18H25N3O2. The quantitative estimate of drug-likeness (QED) is 0.828. The van der Waals surface area contributed by atoms with Crippen LogP contribution in [0.1, 0.15) is 24.4 Å². The third-order valence-electron chi connectivity index (χ3n) is 5.13. The van der Waals surface area contributed by atoms with Gasteiger partial charge in [-0.1, -0.05) is 30.3 Å². The van der Waals surface area contributed by atoms with Crippen molar-refractivity contribution in [1.29, 1.82) is 0 Å². The maximum Gasteiger partial charge on any atom is 0.228 e. The summed E-state index contributed by atoms with van der Waals surface area (Å²) < 4.78 is 0.